The Hall–Kier alpha value is -0.0400. The summed E-state index contributed by atoms with van der Waals surface area (Å²) in [6.45, 7) is 0. The topological polar surface area (TPSA) is 24.4 Å². The van der Waals surface area contributed by atoms with Gasteiger partial charge in [0.15, 0.2) is 0 Å². The molecule has 0 unspecified atom stereocenters. The molecule has 0 spiro atoms. The normalized spacial score (nSPS) is 19.2. The van der Waals surface area contributed by atoms with Gasteiger partial charge in [-0.15, -0.1) is 0 Å². The molecule has 1 aliphatic heterocycles. The molecular formula is C2HF3N2S2. The van der Waals surface area contributed by atoms with Crippen molar-refractivity contribution in [1.82, 2.24) is 4.72 Å². The van der Waals surface area contributed by atoms with Crippen LogP contribution in [0.25, 0.3) is 0 Å². The summed E-state index contributed by atoms with van der Waals surface area (Å²) in [6.07, 6.45) is -4.32. The molecule has 0 aromatic heterocycles. The van der Waals surface area contributed by atoms with Gasteiger partial charge < -0.3 is 0 Å². The fraction of sp³-hybridized carbons (Fsp3) is 0.500. The molecule has 0 saturated carbocycles. The summed E-state index contributed by atoms with van der Waals surface area (Å²) < 4.78 is 39.7. The van der Waals surface area contributed by atoms with E-state index in [0.717, 1.165) is 22.0 Å². The van der Waals surface area contributed by atoms with E-state index in [1.54, 1.807) is 0 Å². The van der Waals surface area contributed by atoms with Gasteiger partial charge in [0.25, 0.3) is 0 Å². The van der Waals surface area contributed by atoms with Crippen molar-refractivity contribution >= 4 is 27.8 Å². The molecule has 1 N–H and O–H groups in total. The third kappa shape index (κ3) is 1.68. The number of hydrogen-bond acceptors (Lipinski definition) is 4. The maximum Gasteiger partial charge on any atom is 0.450 e. The highest BCUT2D eigenvalue weighted by Crippen LogP contribution is 2.30. The Bertz CT molecular complexity index is 141. The van der Waals surface area contributed by atoms with Crippen LogP contribution in [0.4, 0.5) is 13.2 Å². The minimum absolute atomic E-state index is 0.783. The van der Waals surface area contributed by atoms with Crippen LogP contribution in [0.5, 0.6) is 0 Å². The smallest absolute Gasteiger partial charge is 0.299 e. The van der Waals surface area contributed by atoms with E-state index in [4.69, 9.17) is 0 Å². The zero-order valence-electron chi connectivity index (χ0n) is 3.90. The molecule has 7 heteroatoms. The van der Waals surface area contributed by atoms with Gasteiger partial charge in [-0.1, -0.05) is 0 Å². The van der Waals surface area contributed by atoms with Crippen molar-refractivity contribution < 1.29 is 13.2 Å². The largest absolute Gasteiger partial charge is 0.450 e. The second kappa shape index (κ2) is 2.30. The SMILES string of the molecule is FC(F)(F)C1=NSSN1. The Balaban J connectivity index is 2.61. The number of rotatable bonds is 0. The summed E-state index contributed by atoms with van der Waals surface area (Å²) in [7, 11) is 1.63. The molecule has 0 saturated heterocycles. The van der Waals surface area contributed by atoms with Crippen LogP contribution in [0.3, 0.4) is 0 Å². The van der Waals surface area contributed by atoms with Crippen molar-refractivity contribution in [3.63, 3.8) is 0 Å². The molecule has 1 heterocycles. The predicted molar refractivity (Wildman–Crippen MR) is 31.8 cm³/mol. The van der Waals surface area contributed by atoms with Crippen molar-refractivity contribution in [2.75, 3.05) is 0 Å². The van der Waals surface area contributed by atoms with Crippen molar-refractivity contribution in [1.29, 1.82) is 0 Å². The van der Waals surface area contributed by atoms with Gasteiger partial charge in [-0.05, 0) is 0 Å². The lowest BCUT2D eigenvalue weighted by Gasteiger charge is -2.02. The number of amidine groups is 1. The van der Waals surface area contributed by atoms with Gasteiger partial charge in [-0.2, -0.15) is 17.6 Å². The molecule has 2 nitrogen and oxygen atoms in total. The monoisotopic (exact) mass is 174 g/mol. The highest BCUT2D eigenvalue weighted by Gasteiger charge is 2.38. The standard InChI is InChI=1S/C2HF3N2S2/c3-2(4,5)1-6-8-9-7-1/h(H,6,7). The maximum absolute atomic E-state index is 11.5. The quantitative estimate of drug-likeness (QED) is 0.447. The number of hydrogen-bond donors (Lipinski definition) is 1. The third-order valence-corrected chi connectivity index (χ3v) is 1.88. The van der Waals surface area contributed by atoms with E-state index < -0.39 is 12.0 Å². The molecule has 0 aromatic rings. The summed E-state index contributed by atoms with van der Waals surface area (Å²) >= 11 is 0. The van der Waals surface area contributed by atoms with Gasteiger partial charge in [-0.25, -0.2) is 0 Å². The van der Waals surface area contributed by atoms with E-state index in [1.807, 2.05) is 4.72 Å². The van der Waals surface area contributed by atoms with Gasteiger partial charge in [0.1, 0.15) is 0 Å². The fourth-order valence-corrected chi connectivity index (χ4v) is 1.52. The summed E-state index contributed by atoms with van der Waals surface area (Å²) in [4.78, 5) is 0. The molecular weight excluding hydrogens is 173 g/mol. The Labute approximate surface area is 57.0 Å². The number of halogens is 3. The van der Waals surface area contributed by atoms with E-state index in [9.17, 15) is 13.2 Å². The van der Waals surface area contributed by atoms with Crippen LogP contribution in [0.15, 0.2) is 4.40 Å². The highest BCUT2D eigenvalue weighted by atomic mass is 33.1. The van der Waals surface area contributed by atoms with Gasteiger partial charge in [0, 0.05) is 11.0 Å². The molecule has 0 aromatic carbocycles. The van der Waals surface area contributed by atoms with Crippen LogP contribution in [-0.4, -0.2) is 12.0 Å². The lowest BCUT2D eigenvalue weighted by atomic mass is 10.6. The molecule has 9 heavy (non-hydrogen) atoms. The van der Waals surface area contributed by atoms with Crippen molar-refractivity contribution in [2.24, 2.45) is 4.40 Å². The second-order valence-electron chi connectivity index (χ2n) is 1.20. The third-order valence-electron chi connectivity index (χ3n) is 0.573. The van der Waals surface area contributed by atoms with Gasteiger partial charge in [0.05, 0.1) is 11.0 Å². The van der Waals surface area contributed by atoms with Gasteiger partial charge in [-0.3, -0.25) is 4.72 Å². The van der Waals surface area contributed by atoms with E-state index in [-0.39, 0.29) is 0 Å². The lowest BCUT2D eigenvalue weighted by molar-refractivity contribution is -0.0602. The van der Waals surface area contributed by atoms with Crippen LogP contribution in [-0.2, 0) is 0 Å². The molecule has 0 aliphatic carbocycles. The molecule has 0 amide bonds. The first-order valence-electron chi connectivity index (χ1n) is 1.84. The summed E-state index contributed by atoms with van der Waals surface area (Å²) in [5.74, 6) is -0.919. The highest BCUT2D eigenvalue weighted by molar-refractivity contribution is 8.76. The average Bonchev–Trinajstić information content (AvgIpc) is 2.08. The van der Waals surface area contributed by atoms with Crippen LogP contribution in [0.1, 0.15) is 0 Å². The number of nitrogens with one attached hydrogen (secondary N) is 1. The molecule has 0 fully saturated rings. The fourth-order valence-electron chi connectivity index (χ4n) is 0.242. The Kier molecular flexibility index (Phi) is 1.80. The number of alkyl halides is 3. The zero-order valence-corrected chi connectivity index (χ0v) is 5.53. The Morgan fingerprint density at radius 3 is 2.33 bits per heavy atom. The molecule has 1 rings (SSSR count). The van der Waals surface area contributed by atoms with Crippen molar-refractivity contribution in [3.8, 4) is 0 Å². The Morgan fingerprint density at radius 1 is 1.44 bits per heavy atom. The Morgan fingerprint density at radius 2 is 2.11 bits per heavy atom. The van der Waals surface area contributed by atoms with Crippen LogP contribution in [0.2, 0.25) is 0 Å². The van der Waals surface area contributed by atoms with Crippen LogP contribution in [0, 0.1) is 0 Å². The van der Waals surface area contributed by atoms with E-state index >= 15 is 0 Å². The van der Waals surface area contributed by atoms with Crippen LogP contribution >= 0.6 is 22.0 Å². The molecule has 0 bridgehead atoms. The van der Waals surface area contributed by atoms with Crippen molar-refractivity contribution in [2.45, 2.75) is 6.18 Å². The van der Waals surface area contributed by atoms with Crippen LogP contribution < -0.4 is 4.72 Å². The molecule has 0 atom stereocenters. The maximum atomic E-state index is 11.5. The molecule has 1 aliphatic rings. The summed E-state index contributed by atoms with van der Waals surface area (Å²) in [5.41, 5.74) is 0. The average molecular weight is 174 g/mol. The lowest BCUT2D eigenvalue weighted by Crippen LogP contribution is -2.29. The summed E-state index contributed by atoms with van der Waals surface area (Å²) in [5, 5.41) is 0. The minimum Gasteiger partial charge on any atom is -0.299 e. The first kappa shape index (κ1) is 7.07. The molecule has 0 radical (unpaired) electrons. The minimum atomic E-state index is -4.32. The second-order valence-corrected chi connectivity index (χ2v) is 2.85. The summed E-state index contributed by atoms with van der Waals surface area (Å²) in [6, 6.07) is 0. The zero-order chi connectivity index (χ0) is 6.91. The van der Waals surface area contributed by atoms with Gasteiger partial charge >= 0.3 is 6.18 Å². The number of nitrogens with zero attached hydrogens (tertiary/aromatic N) is 1. The van der Waals surface area contributed by atoms with E-state index in [2.05, 4.69) is 4.40 Å². The van der Waals surface area contributed by atoms with E-state index in [0.29, 0.717) is 0 Å². The van der Waals surface area contributed by atoms with Gasteiger partial charge in [0.2, 0.25) is 5.84 Å². The first-order valence-corrected chi connectivity index (χ1v) is 3.95. The van der Waals surface area contributed by atoms with E-state index in [1.165, 1.54) is 0 Å². The predicted octanol–water partition coefficient (Wildman–Crippen LogP) is 1.76. The first-order chi connectivity index (χ1) is 4.11. The molecule has 52 valence electrons. The van der Waals surface area contributed by atoms with Crippen molar-refractivity contribution in [3.05, 3.63) is 0 Å².